The van der Waals surface area contributed by atoms with Crippen molar-refractivity contribution in [2.75, 3.05) is 7.11 Å². The summed E-state index contributed by atoms with van der Waals surface area (Å²) in [6.45, 7) is 2.41. The molecule has 0 saturated heterocycles. The Morgan fingerprint density at radius 1 is 1.00 bits per heavy atom. The Morgan fingerprint density at radius 3 is 2.37 bits per heavy atom. The van der Waals surface area contributed by atoms with Gasteiger partial charge in [-0.15, -0.1) is 0 Å². The van der Waals surface area contributed by atoms with Crippen molar-refractivity contribution in [1.29, 1.82) is 0 Å². The van der Waals surface area contributed by atoms with E-state index in [2.05, 4.69) is 9.93 Å². The number of rotatable bonds is 8. The molecule has 3 rings (SSSR count). The monoisotopic (exact) mass is 428 g/mol. The lowest BCUT2D eigenvalue weighted by atomic mass is 10.2. The van der Waals surface area contributed by atoms with Crippen LogP contribution in [0.4, 0.5) is 4.39 Å². The summed E-state index contributed by atoms with van der Waals surface area (Å²) in [6, 6.07) is 17.6. The molecular formula is C22H21FN2O4S. The second kappa shape index (κ2) is 9.41. The lowest BCUT2D eigenvalue weighted by Crippen LogP contribution is -2.18. The van der Waals surface area contributed by atoms with E-state index in [9.17, 15) is 12.8 Å². The minimum absolute atomic E-state index is 0.0847. The molecule has 8 heteroatoms. The molecule has 0 spiro atoms. The van der Waals surface area contributed by atoms with Crippen LogP contribution < -0.4 is 14.3 Å². The van der Waals surface area contributed by atoms with Gasteiger partial charge in [0.15, 0.2) is 11.5 Å². The maximum absolute atomic E-state index is 13.0. The first-order chi connectivity index (χ1) is 14.4. The summed E-state index contributed by atoms with van der Waals surface area (Å²) >= 11 is 0. The van der Waals surface area contributed by atoms with Crippen LogP contribution in [-0.2, 0) is 16.6 Å². The van der Waals surface area contributed by atoms with Gasteiger partial charge in [-0.3, -0.25) is 0 Å². The normalized spacial score (nSPS) is 11.4. The Bertz CT molecular complexity index is 1130. The maximum Gasteiger partial charge on any atom is 0.276 e. The lowest BCUT2D eigenvalue weighted by molar-refractivity contribution is 0.284. The van der Waals surface area contributed by atoms with Crippen LogP contribution in [0.3, 0.4) is 0 Å². The van der Waals surface area contributed by atoms with Gasteiger partial charge in [0, 0.05) is 0 Å². The van der Waals surface area contributed by atoms with E-state index in [1.54, 1.807) is 18.2 Å². The zero-order valence-corrected chi connectivity index (χ0v) is 17.3. The summed E-state index contributed by atoms with van der Waals surface area (Å²) in [5, 5.41) is 3.77. The van der Waals surface area contributed by atoms with E-state index in [1.807, 2.05) is 31.2 Å². The van der Waals surface area contributed by atoms with Crippen LogP contribution in [-0.4, -0.2) is 21.7 Å². The Hall–Kier alpha value is -3.39. The Morgan fingerprint density at radius 2 is 1.70 bits per heavy atom. The topological polar surface area (TPSA) is 77.0 Å². The third-order valence-electron chi connectivity index (χ3n) is 4.21. The van der Waals surface area contributed by atoms with Crippen LogP contribution in [0.15, 0.2) is 76.7 Å². The second-order valence-electron chi connectivity index (χ2n) is 6.49. The van der Waals surface area contributed by atoms with Gasteiger partial charge in [0.05, 0.1) is 18.2 Å². The number of hydrazone groups is 1. The molecule has 0 heterocycles. The molecule has 0 unspecified atom stereocenters. The predicted molar refractivity (Wildman–Crippen MR) is 113 cm³/mol. The highest BCUT2D eigenvalue weighted by Crippen LogP contribution is 2.28. The van der Waals surface area contributed by atoms with E-state index in [0.29, 0.717) is 23.7 Å². The first-order valence-electron chi connectivity index (χ1n) is 9.04. The summed E-state index contributed by atoms with van der Waals surface area (Å²) in [7, 11) is -2.36. The average molecular weight is 428 g/mol. The molecule has 0 atom stereocenters. The SMILES string of the molecule is COc1cc(/C=N/NS(=O)(=O)c2ccc(F)cc2)ccc1OCc1ccc(C)cc1. The Kier molecular flexibility index (Phi) is 6.68. The van der Waals surface area contributed by atoms with E-state index in [1.165, 1.54) is 18.9 Å². The van der Waals surface area contributed by atoms with E-state index in [4.69, 9.17) is 9.47 Å². The van der Waals surface area contributed by atoms with Crippen molar-refractivity contribution in [2.24, 2.45) is 5.10 Å². The van der Waals surface area contributed by atoms with Crippen LogP contribution in [0.1, 0.15) is 16.7 Å². The van der Waals surface area contributed by atoms with E-state index in [0.717, 1.165) is 29.8 Å². The smallest absolute Gasteiger partial charge is 0.276 e. The van der Waals surface area contributed by atoms with Crippen LogP contribution in [0, 0.1) is 12.7 Å². The maximum atomic E-state index is 13.0. The number of methoxy groups -OCH3 is 1. The minimum Gasteiger partial charge on any atom is -0.493 e. The summed E-state index contributed by atoms with van der Waals surface area (Å²) < 4.78 is 48.5. The van der Waals surface area contributed by atoms with Crippen molar-refractivity contribution in [3.05, 3.63) is 89.2 Å². The van der Waals surface area contributed by atoms with Crippen LogP contribution in [0.25, 0.3) is 0 Å². The van der Waals surface area contributed by atoms with Crippen LogP contribution in [0.2, 0.25) is 0 Å². The molecule has 0 aliphatic rings. The van der Waals surface area contributed by atoms with Crippen LogP contribution >= 0.6 is 0 Å². The number of nitrogens with zero attached hydrogens (tertiary/aromatic N) is 1. The molecule has 0 fully saturated rings. The highest BCUT2D eigenvalue weighted by Gasteiger charge is 2.12. The largest absolute Gasteiger partial charge is 0.493 e. The number of sulfonamides is 1. The summed E-state index contributed by atoms with van der Waals surface area (Å²) in [5.74, 6) is 0.531. The van der Waals surface area contributed by atoms with Gasteiger partial charge >= 0.3 is 0 Å². The molecule has 6 nitrogen and oxygen atoms in total. The van der Waals surface area contributed by atoms with Crippen molar-refractivity contribution in [3.8, 4) is 11.5 Å². The number of hydrogen-bond donors (Lipinski definition) is 1. The van der Waals surface area contributed by atoms with Gasteiger partial charge in [0.1, 0.15) is 12.4 Å². The molecule has 0 saturated carbocycles. The van der Waals surface area contributed by atoms with Gasteiger partial charge in [0.2, 0.25) is 0 Å². The third kappa shape index (κ3) is 5.57. The first kappa shape index (κ1) is 21.3. The van der Waals surface area contributed by atoms with Gasteiger partial charge in [-0.2, -0.15) is 13.5 Å². The second-order valence-corrected chi connectivity index (χ2v) is 8.15. The Labute approximate surface area is 175 Å². The van der Waals surface area contributed by atoms with Crippen molar-refractivity contribution in [1.82, 2.24) is 4.83 Å². The molecule has 0 aliphatic carbocycles. The molecular weight excluding hydrogens is 407 g/mol. The number of hydrogen-bond acceptors (Lipinski definition) is 5. The highest BCUT2D eigenvalue weighted by atomic mass is 32.2. The van der Waals surface area contributed by atoms with E-state index in [-0.39, 0.29) is 4.90 Å². The van der Waals surface area contributed by atoms with Gasteiger partial charge in [-0.1, -0.05) is 29.8 Å². The molecule has 30 heavy (non-hydrogen) atoms. The first-order valence-corrected chi connectivity index (χ1v) is 10.5. The average Bonchev–Trinajstić information content (AvgIpc) is 2.74. The number of nitrogens with one attached hydrogen (secondary N) is 1. The number of benzene rings is 3. The van der Waals surface area contributed by atoms with Crippen molar-refractivity contribution in [2.45, 2.75) is 18.4 Å². The van der Waals surface area contributed by atoms with Crippen molar-refractivity contribution < 1.29 is 22.3 Å². The summed E-state index contributed by atoms with van der Waals surface area (Å²) in [4.78, 5) is 2.01. The summed E-state index contributed by atoms with van der Waals surface area (Å²) in [5.41, 5.74) is 2.81. The van der Waals surface area contributed by atoms with Crippen molar-refractivity contribution >= 4 is 16.2 Å². The molecule has 0 bridgehead atoms. The fourth-order valence-electron chi connectivity index (χ4n) is 2.57. The van der Waals surface area contributed by atoms with E-state index >= 15 is 0 Å². The molecule has 0 amide bonds. The molecule has 0 aliphatic heterocycles. The van der Waals surface area contributed by atoms with E-state index < -0.39 is 15.8 Å². The number of aryl methyl sites for hydroxylation is 1. The fraction of sp³-hybridized carbons (Fsp3) is 0.136. The summed E-state index contributed by atoms with van der Waals surface area (Å²) in [6.07, 6.45) is 1.34. The Balaban J connectivity index is 1.66. The fourth-order valence-corrected chi connectivity index (χ4v) is 3.36. The molecule has 0 radical (unpaired) electrons. The number of halogens is 1. The quantitative estimate of drug-likeness (QED) is 0.434. The van der Waals surface area contributed by atoms with Crippen molar-refractivity contribution in [3.63, 3.8) is 0 Å². The molecule has 3 aromatic carbocycles. The highest BCUT2D eigenvalue weighted by molar-refractivity contribution is 7.89. The minimum atomic E-state index is -3.88. The zero-order valence-electron chi connectivity index (χ0n) is 16.5. The van der Waals surface area contributed by atoms with Gasteiger partial charge < -0.3 is 9.47 Å². The number of ether oxygens (including phenoxy) is 2. The lowest BCUT2D eigenvalue weighted by Gasteiger charge is -2.11. The molecule has 0 aromatic heterocycles. The van der Waals surface area contributed by atoms with Gasteiger partial charge in [0.25, 0.3) is 10.0 Å². The molecule has 156 valence electrons. The van der Waals surface area contributed by atoms with Gasteiger partial charge in [-0.25, -0.2) is 9.22 Å². The van der Waals surface area contributed by atoms with Crippen LogP contribution in [0.5, 0.6) is 11.5 Å². The molecule has 1 N–H and O–H groups in total. The standard InChI is InChI=1S/C22H21FN2O4S/c1-16-3-5-17(6-4-16)15-29-21-12-7-18(13-22(21)28-2)14-24-25-30(26,27)20-10-8-19(23)9-11-20/h3-14,25H,15H2,1-2H3/b24-14+. The molecule has 3 aromatic rings. The zero-order chi connectivity index (χ0) is 21.6. The third-order valence-corrected chi connectivity index (χ3v) is 5.45. The van der Waals surface area contributed by atoms with Gasteiger partial charge in [-0.05, 0) is 60.5 Å². The predicted octanol–water partition coefficient (Wildman–Crippen LogP) is 4.03.